The lowest BCUT2D eigenvalue weighted by molar-refractivity contribution is -0.00869. The molecule has 5 nitrogen and oxygen atoms in total. The minimum Gasteiger partial charge on any atom is -0.454 e. The lowest BCUT2D eigenvalue weighted by Crippen LogP contribution is -2.59. The number of fused-ring (bicyclic) bond motifs is 3. The molecule has 2 bridgehead atoms. The van der Waals surface area contributed by atoms with Crippen LogP contribution in [0.25, 0.3) is 0 Å². The van der Waals surface area contributed by atoms with E-state index in [1.54, 1.807) is 0 Å². The fourth-order valence-corrected chi connectivity index (χ4v) is 6.13. The van der Waals surface area contributed by atoms with Gasteiger partial charge in [-0.15, -0.1) is 0 Å². The van der Waals surface area contributed by atoms with Crippen LogP contribution in [0.1, 0.15) is 35.4 Å². The van der Waals surface area contributed by atoms with Crippen LogP contribution in [0.5, 0.6) is 11.5 Å². The maximum Gasteiger partial charge on any atom is 0.231 e. The van der Waals surface area contributed by atoms with E-state index in [2.05, 4.69) is 40.1 Å². The number of hydrogen-bond donors (Lipinski definition) is 0. The molecule has 29 heavy (non-hydrogen) atoms. The van der Waals surface area contributed by atoms with Gasteiger partial charge < -0.3 is 9.47 Å². The lowest BCUT2D eigenvalue weighted by Gasteiger charge is -2.51. The third-order valence-corrected chi connectivity index (χ3v) is 7.36. The lowest BCUT2D eigenvalue weighted by atomic mass is 9.75. The molecule has 5 aliphatic heterocycles. The van der Waals surface area contributed by atoms with E-state index in [4.69, 9.17) is 9.47 Å². The summed E-state index contributed by atoms with van der Waals surface area (Å²) in [6, 6.07) is 18.1. The van der Waals surface area contributed by atoms with Gasteiger partial charge in [-0.2, -0.15) is 5.26 Å². The zero-order valence-electron chi connectivity index (χ0n) is 16.5. The fourth-order valence-electron chi connectivity index (χ4n) is 6.13. The third-order valence-electron chi connectivity index (χ3n) is 7.36. The molecule has 0 radical (unpaired) electrons. The molecule has 0 aromatic heterocycles. The number of rotatable bonds is 3. The van der Waals surface area contributed by atoms with Crippen molar-refractivity contribution in [3.63, 3.8) is 0 Å². The SMILES string of the molecule is N#Cc1cccc(CN2C[C@@H](c3ccc4c(c3)OCO4)[C@@H]3[C@H]2C2CCN3CC2)c1. The summed E-state index contributed by atoms with van der Waals surface area (Å²) in [5, 5.41) is 9.27. The first-order valence-electron chi connectivity index (χ1n) is 10.7. The Morgan fingerprint density at radius 3 is 2.72 bits per heavy atom. The molecule has 5 heterocycles. The van der Waals surface area contributed by atoms with Crippen molar-refractivity contribution in [3.05, 3.63) is 59.2 Å². The second-order valence-electron chi connectivity index (χ2n) is 8.82. The largest absolute Gasteiger partial charge is 0.454 e. The van der Waals surface area contributed by atoms with Crippen molar-refractivity contribution >= 4 is 0 Å². The molecule has 0 amide bonds. The highest BCUT2D eigenvalue weighted by molar-refractivity contribution is 5.46. The first-order chi connectivity index (χ1) is 14.3. The molecule has 3 atom stereocenters. The van der Waals surface area contributed by atoms with Gasteiger partial charge >= 0.3 is 0 Å². The van der Waals surface area contributed by atoms with Gasteiger partial charge in [-0.1, -0.05) is 18.2 Å². The molecule has 7 rings (SSSR count). The Morgan fingerprint density at radius 1 is 1.00 bits per heavy atom. The number of nitriles is 1. The Bertz CT molecular complexity index is 976. The number of hydrogen-bond acceptors (Lipinski definition) is 5. The molecule has 148 valence electrons. The maximum absolute atomic E-state index is 9.27. The van der Waals surface area contributed by atoms with Crippen LogP contribution in [0.15, 0.2) is 42.5 Å². The van der Waals surface area contributed by atoms with Crippen LogP contribution in [0.2, 0.25) is 0 Å². The van der Waals surface area contributed by atoms with E-state index in [0.29, 0.717) is 24.8 Å². The Balaban J connectivity index is 1.34. The zero-order chi connectivity index (χ0) is 19.4. The first kappa shape index (κ1) is 17.3. The quantitative estimate of drug-likeness (QED) is 0.808. The molecular formula is C24H25N3O2. The standard InChI is InChI=1S/C24H25N3O2/c25-12-16-2-1-3-17(10-16)13-27-14-20(19-4-5-21-22(11-19)29-15-28-21)24-23(27)18-6-8-26(24)9-7-18/h1-5,10-11,18,20,23-24H,6-9,13-15H2/t20-,23+,24+/m0/s1. The second-order valence-corrected chi connectivity index (χ2v) is 8.82. The van der Waals surface area contributed by atoms with Gasteiger partial charge in [-0.05, 0) is 67.2 Å². The molecule has 0 spiro atoms. The van der Waals surface area contributed by atoms with Crippen LogP contribution >= 0.6 is 0 Å². The van der Waals surface area contributed by atoms with Crippen molar-refractivity contribution in [2.24, 2.45) is 5.92 Å². The van der Waals surface area contributed by atoms with E-state index in [1.807, 2.05) is 18.2 Å². The molecule has 0 N–H and O–H groups in total. The molecule has 5 aliphatic rings. The summed E-state index contributed by atoms with van der Waals surface area (Å²) in [5.74, 6) is 3.01. The van der Waals surface area contributed by atoms with E-state index < -0.39 is 0 Å². The van der Waals surface area contributed by atoms with Gasteiger partial charge in [-0.3, -0.25) is 9.80 Å². The van der Waals surface area contributed by atoms with Gasteiger partial charge in [0.1, 0.15) is 0 Å². The summed E-state index contributed by atoms with van der Waals surface area (Å²) < 4.78 is 11.2. The highest BCUT2D eigenvalue weighted by Gasteiger charge is 2.53. The normalized spacial score (nSPS) is 32.2. The molecule has 0 saturated carbocycles. The van der Waals surface area contributed by atoms with Crippen molar-refractivity contribution in [1.82, 2.24) is 9.80 Å². The predicted octanol–water partition coefficient (Wildman–Crippen LogP) is 3.35. The van der Waals surface area contributed by atoms with Gasteiger partial charge in [0.05, 0.1) is 11.6 Å². The van der Waals surface area contributed by atoms with Crippen molar-refractivity contribution in [1.29, 1.82) is 5.26 Å². The van der Waals surface area contributed by atoms with Crippen molar-refractivity contribution in [3.8, 4) is 17.6 Å². The molecule has 2 aromatic carbocycles. The fraction of sp³-hybridized carbons (Fsp3) is 0.458. The Morgan fingerprint density at radius 2 is 1.86 bits per heavy atom. The molecule has 2 aromatic rings. The summed E-state index contributed by atoms with van der Waals surface area (Å²) in [4.78, 5) is 5.41. The number of ether oxygens (including phenoxy) is 2. The number of benzene rings is 2. The van der Waals surface area contributed by atoms with Crippen molar-refractivity contribution in [2.45, 2.75) is 37.4 Å². The second kappa shape index (κ2) is 6.76. The average Bonchev–Trinajstić information content (AvgIpc) is 3.40. The summed E-state index contributed by atoms with van der Waals surface area (Å²) in [6.45, 7) is 4.75. The monoisotopic (exact) mass is 387 g/mol. The van der Waals surface area contributed by atoms with Crippen LogP contribution in [0, 0.1) is 17.2 Å². The Labute approximate surface area is 171 Å². The van der Waals surface area contributed by atoms with Crippen LogP contribution in [0.3, 0.4) is 0 Å². The predicted molar refractivity (Wildman–Crippen MR) is 109 cm³/mol. The maximum atomic E-state index is 9.27. The number of likely N-dealkylation sites (tertiary alicyclic amines) is 1. The topological polar surface area (TPSA) is 48.7 Å². The highest BCUT2D eigenvalue weighted by atomic mass is 16.7. The Kier molecular flexibility index (Phi) is 4.04. The molecule has 5 heteroatoms. The van der Waals surface area contributed by atoms with Gasteiger partial charge in [-0.25, -0.2) is 0 Å². The number of piperidine rings is 3. The van der Waals surface area contributed by atoms with Gasteiger partial charge in [0.25, 0.3) is 0 Å². The van der Waals surface area contributed by atoms with Gasteiger partial charge in [0, 0.05) is 31.1 Å². The molecule has 0 unspecified atom stereocenters. The minimum atomic E-state index is 0.324. The molecule has 4 fully saturated rings. The smallest absolute Gasteiger partial charge is 0.231 e. The van der Waals surface area contributed by atoms with Gasteiger partial charge in [0.2, 0.25) is 6.79 Å². The van der Waals surface area contributed by atoms with E-state index in [0.717, 1.165) is 36.1 Å². The summed E-state index contributed by atoms with van der Waals surface area (Å²) in [7, 11) is 0. The summed E-state index contributed by atoms with van der Waals surface area (Å²) >= 11 is 0. The zero-order valence-corrected chi connectivity index (χ0v) is 16.5. The average molecular weight is 387 g/mol. The highest BCUT2D eigenvalue weighted by Crippen LogP contribution is 2.48. The van der Waals surface area contributed by atoms with Crippen LogP contribution in [-0.2, 0) is 6.54 Å². The molecule has 4 saturated heterocycles. The Hall–Kier alpha value is -2.55. The summed E-state index contributed by atoms with van der Waals surface area (Å²) in [5.41, 5.74) is 3.36. The van der Waals surface area contributed by atoms with Crippen LogP contribution in [0.4, 0.5) is 0 Å². The third kappa shape index (κ3) is 2.82. The van der Waals surface area contributed by atoms with Crippen molar-refractivity contribution < 1.29 is 9.47 Å². The van der Waals surface area contributed by atoms with Crippen LogP contribution in [-0.4, -0.2) is 48.3 Å². The first-order valence-corrected chi connectivity index (χ1v) is 10.7. The van der Waals surface area contributed by atoms with E-state index in [1.165, 1.54) is 37.1 Å². The van der Waals surface area contributed by atoms with E-state index in [-0.39, 0.29) is 0 Å². The molecule has 0 aliphatic carbocycles. The van der Waals surface area contributed by atoms with Crippen LogP contribution < -0.4 is 9.47 Å². The number of nitrogens with zero attached hydrogens (tertiary/aromatic N) is 3. The van der Waals surface area contributed by atoms with Crippen molar-refractivity contribution in [2.75, 3.05) is 26.4 Å². The summed E-state index contributed by atoms with van der Waals surface area (Å²) in [6.07, 6.45) is 2.62. The van der Waals surface area contributed by atoms with E-state index >= 15 is 0 Å². The van der Waals surface area contributed by atoms with Gasteiger partial charge in [0.15, 0.2) is 11.5 Å². The minimum absolute atomic E-state index is 0.324. The molecular weight excluding hydrogens is 362 g/mol. The van der Waals surface area contributed by atoms with E-state index in [9.17, 15) is 5.26 Å².